The van der Waals surface area contributed by atoms with Gasteiger partial charge >= 0.3 is 0 Å². The molecule has 5 nitrogen and oxygen atoms in total. The van der Waals surface area contributed by atoms with Crippen LogP contribution in [0.3, 0.4) is 0 Å². The first-order valence-corrected chi connectivity index (χ1v) is 9.68. The van der Waals surface area contributed by atoms with Crippen LogP contribution in [0.5, 0.6) is 5.75 Å². The van der Waals surface area contributed by atoms with Gasteiger partial charge in [0.1, 0.15) is 23.7 Å². The number of nitrogens with two attached hydrogens (primary N) is 1. The Morgan fingerprint density at radius 3 is 2.70 bits per heavy atom. The minimum Gasteiger partial charge on any atom is -0.487 e. The third-order valence-corrected chi connectivity index (χ3v) is 5.10. The molecule has 8 heteroatoms. The van der Waals surface area contributed by atoms with Crippen LogP contribution in [-0.4, -0.2) is 14.8 Å². The molecule has 0 spiro atoms. The summed E-state index contributed by atoms with van der Waals surface area (Å²) in [5, 5.41) is 5.06. The van der Waals surface area contributed by atoms with Gasteiger partial charge in [0.2, 0.25) is 0 Å². The first-order chi connectivity index (χ1) is 14.3. The van der Waals surface area contributed by atoms with E-state index in [-0.39, 0.29) is 11.6 Å². The van der Waals surface area contributed by atoms with Crippen LogP contribution in [-0.2, 0) is 6.61 Å². The van der Waals surface area contributed by atoms with Crippen LogP contribution < -0.4 is 10.5 Å². The number of hydrogen-bond acceptors (Lipinski definition) is 4. The Morgan fingerprint density at radius 1 is 1.20 bits per heavy atom. The van der Waals surface area contributed by atoms with Gasteiger partial charge in [-0.1, -0.05) is 23.7 Å². The largest absolute Gasteiger partial charge is 0.487 e. The minimum atomic E-state index is -0.449. The summed E-state index contributed by atoms with van der Waals surface area (Å²) < 4.78 is 34.8. The lowest BCUT2D eigenvalue weighted by molar-refractivity contribution is 0.307. The Kier molecular flexibility index (Phi) is 5.40. The number of nitrogens with zero attached hydrogens (tertiary/aromatic N) is 3. The Morgan fingerprint density at radius 2 is 2.00 bits per heavy atom. The molecular formula is C22H19ClF2N4O. The van der Waals surface area contributed by atoms with E-state index in [4.69, 9.17) is 22.1 Å². The highest BCUT2D eigenvalue weighted by molar-refractivity contribution is 6.31. The van der Waals surface area contributed by atoms with Gasteiger partial charge in [-0.3, -0.25) is 0 Å². The molecule has 0 unspecified atom stereocenters. The van der Waals surface area contributed by atoms with Crippen LogP contribution in [0, 0.1) is 18.6 Å². The molecule has 4 aromatic rings. The quantitative estimate of drug-likeness (QED) is 0.471. The molecule has 0 fully saturated rings. The number of pyridine rings is 1. The first-order valence-electron chi connectivity index (χ1n) is 9.30. The summed E-state index contributed by atoms with van der Waals surface area (Å²) >= 11 is 6.26. The molecule has 4 rings (SSSR count). The van der Waals surface area contributed by atoms with E-state index in [1.165, 1.54) is 23.0 Å². The average molecular weight is 429 g/mol. The van der Waals surface area contributed by atoms with Crippen molar-refractivity contribution in [2.45, 2.75) is 26.5 Å². The van der Waals surface area contributed by atoms with E-state index in [0.717, 1.165) is 17.3 Å². The monoisotopic (exact) mass is 428 g/mol. The molecule has 0 aliphatic rings. The Labute approximate surface area is 177 Å². The number of aromatic nitrogens is 3. The zero-order valence-electron chi connectivity index (χ0n) is 16.4. The number of aryl methyl sites for hydroxylation is 1. The number of hydrogen-bond donors (Lipinski definition) is 1. The predicted octanol–water partition coefficient (Wildman–Crippen LogP) is 5.26. The maximum Gasteiger partial charge on any atom is 0.161 e. The summed E-state index contributed by atoms with van der Waals surface area (Å²) in [5.41, 5.74) is 9.19. The molecule has 1 atom stereocenters. The van der Waals surface area contributed by atoms with Gasteiger partial charge in [0.25, 0.3) is 0 Å². The predicted molar refractivity (Wildman–Crippen MR) is 112 cm³/mol. The lowest BCUT2D eigenvalue weighted by Gasteiger charge is -2.17. The Bertz CT molecular complexity index is 1240. The van der Waals surface area contributed by atoms with Crippen molar-refractivity contribution in [3.63, 3.8) is 0 Å². The summed E-state index contributed by atoms with van der Waals surface area (Å²) in [6.07, 6.45) is 2.45. The summed E-state index contributed by atoms with van der Waals surface area (Å²) in [7, 11) is 0. The molecule has 0 aliphatic carbocycles. The summed E-state index contributed by atoms with van der Waals surface area (Å²) in [4.78, 5) is 4.60. The maximum absolute atomic E-state index is 13.8. The standard InChI is InChI=1S/C22H19ClF2N4O/c1-12-6-20(29-10-15(25)9-27-29)16-4-3-5-21(22(16)28-12)30-11-18-17(13(2)26)7-14(24)8-19(18)23/h3-10,13H,11,26H2,1-2H3/t13-/m0/s1. The fourth-order valence-corrected chi connectivity index (χ4v) is 3.67. The second kappa shape index (κ2) is 8.01. The number of rotatable bonds is 5. The SMILES string of the molecule is Cc1cc(-n2cc(F)cn2)c2cccc(OCc3c(Cl)cc(F)cc3[C@H](C)N)c2n1. The topological polar surface area (TPSA) is 66.0 Å². The van der Waals surface area contributed by atoms with Crippen molar-refractivity contribution in [2.24, 2.45) is 5.73 Å². The fraction of sp³-hybridized carbons (Fsp3) is 0.182. The number of halogens is 3. The number of benzene rings is 2. The number of ether oxygens (including phenoxy) is 1. The van der Waals surface area contributed by atoms with Crippen LogP contribution in [0.25, 0.3) is 16.6 Å². The molecule has 0 saturated carbocycles. The van der Waals surface area contributed by atoms with E-state index in [1.54, 1.807) is 13.0 Å². The fourth-order valence-electron chi connectivity index (χ4n) is 3.40. The molecule has 0 bridgehead atoms. The van der Waals surface area contributed by atoms with Crippen molar-refractivity contribution in [1.29, 1.82) is 0 Å². The summed E-state index contributed by atoms with van der Waals surface area (Å²) in [6, 6.07) is 9.48. The molecule has 2 heterocycles. The maximum atomic E-state index is 13.8. The highest BCUT2D eigenvalue weighted by Crippen LogP contribution is 2.32. The van der Waals surface area contributed by atoms with Gasteiger partial charge in [0, 0.05) is 22.7 Å². The van der Waals surface area contributed by atoms with E-state index in [1.807, 2.05) is 25.1 Å². The van der Waals surface area contributed by atoms with Gasteiger partial charge in [0.05, 0.1) is 23.1 Å². The second-order valence-electron chi connectivity index (χ2n) is 7.07. The van der Waals surface area contributed by atoms with Gasteiger partial charge in [-0.15, -0.1) is 0 Å². The molecule has 0 saturated heterocycles. The number of para-hydroxylation sites is 1. The molecule has 2 aromatic heterocycles. The third kappa shape index (κ3) is 3.86. The zero-order valence-corrected chi connectivity index (χ0v) is 17.1. The van der Waals surface area contributed by atoms with Crippen molar-refractivity contribution in [3.05, 3.63) is 82.3 Å². The molecule has 0 aliphatic heterocycles. The zero-order chi connectivity index (χ0) is 21.4. The van der Waals surface area contributed by atoms with Crippen molar-refractivity contribution in [1.82, 2.24) is 14.8 Å². The average Bonchev–Trinajstić information content (AvgIpc) is 3.12. The third-order valence-electron chi connectivity index (χ3n) is 4.76. The number of fused-ring (bicyclic) bond motifs is 1. The first kappa shape index (κ1) is 20.3. The molecule has 0 amide bonds. The van der Waals surface area contributed by atoms with Crippen LogP contribution in [0.2, 0.25) is 5.02 Å². The Hall–Kier alpha value is -3.03. The Balaban J connectivity index is 1.76. The van der Waals surface area contributed by atoms with Crippen LogP contribution in [0.15, 0.2) is 48.8 Å². The van der Waals surface area contributed by atoms with Crippen LogP contribution in [0.4, 0.5) is 8.78 Å². The molecule has 154 valence electrons. The van der Waals surface area contributed by atoms with Crippen LogP contribution in [0.1, 0.15) is 29.8 Å². The van der Waals surface area contributed by atoms with E-state index < -0.39 is 17.7 Å². The molecule has 0 radical (unpaired) electrons. The lowest BCUT2D eigenvalue weighted by atomic mass is 10.0. The van der Waals surface area contributed by atoms with Gasteiger partial charge in [-0.2, -0.15) is 5.10 Å². The van der Waals surface area contributed by atoms with Gasteiger partial charge in [-0.05, 0) is 43.7 Å². The van der Waals surface area contributed by atoms with Gasteiger partial charge < -0.3 is 10.5 Å². The molecule has 30 heavy (non-hydrogen) atoms. The van der Waals surface area contributed by atoms with E-state index in [9.17, 15) is 8.78 Å². The summed E-state index contributed by atoms with van der Waals surface area (Å²) in [5.74, 6) is -0.366. The van der Waals surface area contributed by atoms with Crippen molar-refractivity contribution >= 4 is 22.5 Å². The van der Waals surface area contributed by atoms with E-state index in [0.29, 0.717) is 28.1 Å². The molecular weight excluding hydrogens is 410 g/mol. The van der Waals surface area contributed by atoms with E-state index in [2.05, 4.69) is 10.1 Å². The summed E-state index contributed by atoms with van der Waals surface area (Å²) in [6.45, 7) is 3.69. The van der Waals surface area contributed by atoms with Gasteiger partial charge in [0.15, 0.2) is 5.82 Å². The highest BCUT2D eigenvalue weighted by atomic mass is 35.5. The lowest BCUT2D eigenvalue weighted by Crippen LogP contribution is -2.11. The van der Waals surface area contributed by atoms with Crippen molar-refractivity contribution < 1.29 is 13.5 Å². The minimum absolute atomic E-state index is 0.0937. The molecule has 2 N–H and O–H groups in total. The van der Waals surface area contributed by atoms with Crippen molar-refractivity contribution in [2.75, 3.05) is 0 Å². The normalized spacial score (nSPS) is 12.3. The van der Waals surface area contributed by atoms with Gasteiger partial charge in [-0.25, -0.2) is 18.4 Å². The van der Waals surface area contributed by atoms with Crippen LogP contribution >= 0.6 is 11.6 Å². The van der Waals surface area contributed by atoms with E-state index >= 15 is 0 Å². The molecule has 2 aromatic carbocycles. The highest BCUT2D eigenvalue weighted by Gasteiger charge is 2.16. The van der Waals surface area contributed by atoms with Crippen molar-refractivity contribution in [3.8, 4) is 11.4 Å². The smallest absolute Gasteiger partial charge is 0.161 e. The second-order valence-corrected chi connectivity index (χ2v) is 7.48.